The molecule has 0 spiro atoms. The zero-order valence-electron chi connectivity index (χ0n) is 12.3. The normalized spacial score (nSPS) is 21.7. The van der Waals surface area contributed by atoms with Crippen LogP contribution in [0.2, 0.25) is 0 Å². The van der Waals surface area contributed by atoms with Crippen LogP contribution < -0.4 is 9.44 Å². The van der Waals surface area contributed by atoms with E-state index in [0.29, 0.717) is 0 Å². The highest BCUT2D eigenvalue weighted by Gasteiger charge is 2.28. The second kappa shape index (κ2) is 7.24. The van der Waals surface area contributed by atoms with E-state index >= 15 is 0 Å². The summed E-state index contributed by atoms with van der Waals surface area (Å²) in [5.74, 6) is -1.47. The van der Waals surface area contributed by atoms with Gasteiger partial charge in [-0.25, -0.2) is 9.44 Å². The van der Waals surface area contributed by atoms with E-state index in [4.69, 9.17) is 0 Å². The Labute approximate surface area is 126 Å². The van der Waals surface area contributed by atoms with E-state index in [1.165, 1.54) is 0 Å². The van der Waals surface area contributed by atoms with Crippen molar-refractivity contribution in [2.45, 2.75) is 64.2 Å². The van der Waals surface area contributed by atoms with E-state index in [9.17, 15) is 18.0 Å². The molecule has 0 saturated heterocycles. The van der Waals surface area contributed by atoms with E-state index in [2.05, 4.69) is 0 Å². The Kier molecular flexibility index (Phi) is 5.61. The number of hydrogen-bond donors (Lipinski definition) is 2. The molecule has 0 bridgehead atoms. The molecule has 0 unspecified atom stereocenters. The lowest BCUT2D eigenvalue weighted by Gasteiger charge is -2.22. The molecule has 2 N–H and O–H groups in total. The minimum atomic E-state index is -4.08. The molecule has 2 aliphatic carbocycles. The zero-order valence-corrected chi connectivity index (χ0v) is 13.1. The molecule has 120 valence electrons. The molecule has 2 amide bonds. The summed E-state index contributed by atoms with van der Waals surface area (Å²) in [6.07, 6.45) is 8.87. The molecule has 6 nitrogen and oxygen atoms in total. The number of hydrogen-bond acceptors (Lipinski definition) is 4. The highest BCUT2D eigenvalue weighted by Crippen LogP contribution is 2.25. The van der Waals surface area contributed by atoms with Gasteiger partial charge >= 0.3 is 10.2 Å². The van der Waals surface area contributed by atoms with Crippen molar-refractivity contribution in [2.24, 2.45) is 11.8 Å². The second-order valence-electron chi connectivity index (χ2n) is 6.11. The quantitative estimate of drug-likeness (QED) is 0.824. The predicted octanol–water partition coefficient (Wildman–Crippen LogP) is 1.62. The van der Waals surface area contributed by atoms with Gasteiger partial charge in [-0.3, -0.25) is 9.59 Å². The van der Waals surface area contributed by atoms with Crippen LogP contribution in [-0.4, -0.2) is 20.2 Å². The maximum absolute atomic E-state index is 11.9. The first kappa shape index (κ1) is 16.3. The molecule has 2 rings (SSSR count). The molecule has 0 aromatic heterocycles. The summed E-state index contributed by atoms with van der Waals surface area (Å²) < 4.78 is 27.7. The van der Waals surface area contributed by atoms with Gasteiger partial charge in [0.1, 0.15) is 0 Å². The van der Waals surface area contributed by atoms with Crippen LogP contribution in [0, 0.1) is 11.8 Å². The molecule has 21 heavy (non-hydrogen) atoms. The second-order valence-corrected chi connectivity index (χ2v) is 7.52. The number of amides is 2. The molecule has 7 heteroatoms. The molecule has 0 aromatic rings. The summed E-state index contributed by atoms with van der Waals surface area (Å²) in [6, 6.07) is 0. The first-order valence-electron chi connectivity index (χ1n) is 7.86. The van der Waals surface area contributed by atoms with Crippen molar-refractivity contribution in [1.29, 1.82) is 0 Å². The fraction of sp³-hybridized carbons (Fsp3) is 0.857. The smallest absolute Gasteiger partial charge is 0.274 e. The van der Waals surface area contributed by atoms with Crippen LogP contribution in [0.4, 0.5) is 0 Å². The average molecular weight is 316 g/mol. The molecule has 0 aliphatic heterocycles. The molecule has 0 atom stereocenters. The van der Waals surface area contributed by atoms with E-state index in [0.717, 1.165) is 64.2 Å². The van der Waals surface area contributed by atoms with Gasteiger partial charge < -0.3 is 0 Å². The highest BCUT2D eigenvalue weighted by molar-refractivity contribution is 7.88. The SMILES string of the molecule is O=C(NS(=O)(=O)NC(=O)C1CCCCC1)C1CCCCC1. The van der Waals surface area contributed by atoms with E-state index in [1.54, 1.807) is 0 Å². The van der Waals surface area contributed by atoms with E-state index in [-0.39, 0.29) is 11.8 Å². The number of rotatable bonds is 4. The molecule has 2 aliphatic rings. The van der Waals surface area contributed by atoms with Gasteiger partial charge in [0.05, 0.1) is 0 Å². The Balaban J connectivity index is 1.85. The summed E-state index contributed by atoms with van der Waals surface area (Å²) >= 11 is 0. The third-order valence-electron chi connectivity index (χ3n) is 4.42. The Hall–Kier alpha value is -1.11. The van der Waals surface area contributed by atoms with Crippen molar-refractivity contribution < 1.29 is 18.0 Å². The summed E-state index contributed by atoms with van der Waals surface area (Å²) in [4.78, 5) is 23.9. The van der Waals surface area contributed by atoms with Crippen LogP contribution in [0.25, 0.3) is 0 Å². The molecule has 2 saturated carbocycles. The molecule has 0 aromatic carbocycles. The van der Waals surface area contributed by atoms with Crippen LogP contribution in [-0.2, 0) is 19.8 Å². The standard InChI is InChI=1S/C14H24N2O4S/c17-13(11-7-3-1-4-8-11)15-21(19,20)16-14(18)12-9-5-2-6-10-12/h11-12H,1-10H2,(H,15,17)(H,16,18). The summed E-state index contributed by atoms with van der Waals surface area (Å²) in [5.41, 5.74) is 0. The lowest BCUT2D eigenvalue weighted by atomic mass is 9.89. The van der Waals surface area contributed by atoms with Crippen molar-refractivity contribution in [3.05, 3.63) is 0 Å². The Morgan fingerprint density at radius 1 is 0.667 bits per heavy atom. The maximum atomic E-state index is 11.9. The van der Waals surface area contributed by atoms with Gasteiger partial charge in [-0.05, 0) is 25.7 Å². The molecular formula is C14H24N2O4S. The van der Waals surface area contributed by atoms with E-state index < -0.39 is 22.0 Å². The van der Waals surface area contributed by atoms with Crippen molar-refractivity contribution in [1.82, 2.24) is 9.44 Å². The Morgan fingerprint density at radius 3 is 1.33 bits per heavy atom. The lowest BCUT2D eigenvalue weighted by Crippen LogP contribution is -2.47. The molecule has 2 fully saturated rings. The number of carbonyl (C=O) groups is 2. The Morgan fingerprint density at radius 2 is 1.00 bits per heavy atom. The van der Waals surface area contributed by atoms with Crippen LogP contribution >= 0.6 is 0 Å². The van der Waals surface area contributed by atoms with Gasteiger partial charge in [-0.1, -0.05) is 38.5 Å². The molecule has 0 heterocycles. The zero-order chi connectivity index (χ0) is 15.3. The first-order valence-corrected chi connectivity index (χ1v) is 9.34. The highest BCUT2D eigenvalue weighted by atomic mass is 32.2. The minimum Gasteiger partial charge on any atom is -0.274 e. The predicted molar refractivity (Wildman–Crippen MR) is 78.4 cm³/mol. The summed E-state index contributed by atoms with van der Waals surface area (Å²) in [5, 5.41) is 0. The first-order chi connectivity index (χ1) is 9.98. The fourth-order valence-electron chi connectivity index (χ4n) is 3.19. The lowest BCUT2D eigenvalue weighted by molar-refractivity contribution is -0.124. The van der Waals surface area contributed by atoms with Gasteiger partial charge in [-0.2, -0.15) is 8.42 Å². The number of nitrogens with one attached hydrogen (secondary N) is 2. The molecular weight excluding hydrogens is 292 g/mol. The third kappa shape index (κ3) is 4.98. The van der Waals surface area contributed by atoms with Crippen LogP contribution in [0.3, 0.4) is 0 Å². The van der Waals surface area contributed by atoms with Crippen molar-refractivity contribution in [2.75, 3.05) is 0 Å². The average Bonchev–Trinajstić information content (AvgIpc) is 2.48. The van der Waals surface area contributed by atoms with Gasteiger partial charge in [-0.15, -0.1) is 0 Å². The summed E-state index contributed by atoms with van der Waals surface area (Å²) in [6.45, 7) is 0. The van der Waals surface area contributed by atoms with Gasteiger partial charge in [0.15, 0.2) is 0 Å². The number of carbonyl (C=O) groups excluding carboxylic acids is 2. The Bertz CT molecular complexity index is 439. The third-order valence-corrected chi connectivity index (χ3v) is 5.36. The monoisotopic (exact) mass is 316 g/mol. The topological polar surface area (TPSA) is 92.3 Å². The van der Waals surface area contributed by atoms with Crippen LogP contribution in [0.5, 0.6) is 0 Å². The largest absolute Gasteiger partial charge is 0.325 e. The summed E-state index contributed by atoms with van der Waals surface area (Å²) in [7, 11) is -4.08. The molecule has 0 radical (unpaired) electrons. The van der Waals surface area contributed by atoms with Gasteiger partial charge in [0.25, 0.3) is 0 Å². The van der Waals surface area contributed by atoms with Gasteiger partial charge in [0, 0.05) is 11.8 Å². The maximum Gasteiger partial charge on any atom is 0.325 e. The van der Waals surface area contributed by atoms with E-state index in [1.807, 2.05) is 9.44 Å². The van der Waals surface area contributed by atoms with Crippen molar-refractivity contribution in [3.8, 4) is 0 Å². The van der Waals surface area contributed by atoms with Crippen molar-refractivity contribution in [3.63, 3.8) is 0 Å². The van der Waals surface area contributed by atoms with Crippen LogP contribution in [0.15, 0.2) is 0 Å². The van der Waals surface area contributed by atoms with Crippen molar-refractivity contribution >= 4 is 22.0 Å². The van der Waals surface area contributed by atoms with Crippen LogP contribution in [0.1, 0.15) is 64.2 Å². The fourth-order valence-corrected chi connectivity index (χ4v) is 4.10. The minimum absolute atomic E-state index is 0.250. The van der Waals surface area contributed by atoms with Gasteiger partial charge in [0.2, 0.25) is 11.8 Å².